The molecule has 1 aromatic carbocycles. The Morgan fingerprint density at radius 1 is 1.04 bits per heavy atom. The largest absolute Gasteiger partial charge is 0.509 e. The molecule has 0 aliphatic heterocycles. The predicted molar refractivity (Wildman–Crippen MR) is 72.2 cm³/mol. The lowest BCUT2D eigenvalue weighted by Gasteiger charge is -2.23. The molecule has 0 amide bonds. The third-order valence-corrected chi connectivity index (χ3v) is 2.88. The maximum atomic E-state index is 12.3. The fourth-order valence-electron chi connectivity index (χ4n) is 1.75. The van der Waals surface area contributed by atoms with Crippen LogP contribution in [-0.2, 0) is 15.9 Å². The smallest absolute Gasteiger partial charge is 0.427 e. The van der Waals surface area contributed by atoms with Crippen molar-refractivity contribution in [1.82, 2.24) is 0 Å². The van der Waals surface area contributed by atoms with Crippen LogP contribution in [0.3, 0.4) is 0 Å². The van der Waals surface area contributed by atoms with Crippen molar-refractivity contribution in [2.24, 2.45) is 0 Å². The van der Waals surface area contributed by atoms with Gasteiger partial charge >= 0.3 is 18.5 Å². The van der Waals surface area contributed by atoms with Gasteiger partial charge in [0.15, 0.2) is 0 Å². The second kappa shape index (κ2) is 8.07. The monoisotopic (exact) mass is 356 g/mol. The first-order valence-electron chi connectivity index (χ1n) is 6.71. The lowest BCUT2D eigenvalue weighted by Crippen LogP contribution is -2.46. The van der Waals surface area contributed by atoms with Crippen LogP contribution >= 0.6 is 0 Å². The molecule has 0 spiro atoms. The van der Waals surface area contributed by atoms with E-state index in [1.807, 2.05) is 0 Å². The van der Waals surface area contributed by atoms with Crippen molar-refractivity contribution in [2.75, 3.05) is 0 Å². The van der Waals surface area contributed by atoms with Crippen LogP contribution in [0.5, 0.6) is 0 Å². The van der Waals surface area contributed by atoms with Gasteiger partial charge in [-0.1, -0.05) is 43.0 Å². The van der Waals surface area contributed by atoms with E-state index in [2.05, 4.69) is 16.1 Å². The average molecular weight is 356 g/mol. The quantitative estimate of drug-likeness (QED) is 0.416. The van der Waals surface area contributed by atoms with Gasteiger partial charge in [0.05, 0.1) is 0 Å². The Labute approximate surface area is 133 Å². The molecular weight excluding hydrogens is 342 g/mol. The number of carbonyl (C=O) groups excluding carboxylic acids is 1. The van der Waals surface area contributed by atoms with Gasteiger partial charge < -0.3 is 9.47 Å². The van der Waals surface area contributed by atoms with Gasteiger partial charge in [0.25, 0.3) is 6.10 Å². The SMILES string of the molecule is C=C[C@H](CCc1ccccc1)OC(=O)OC(C(F)(F)F)C(F)(F)F. The Kier molecular flexibility index (Phi) is 6.68. The van der Waals surface area contributed by atoms with Crippen LogP contribution in [0.15, 0.2) is 43.0 Å². The summed E-state index contributed by atoms with van der Waals surface area (Å²) in [6.07, 6.45) is -17.3. The van der Waals surface area contributed by atoms with Crippen LogP contribution in [0.2, 0.25) is 0 Å². The van der Waals surface area contributed by atoms with E-state index in [-0.39, 0.29) is 6.42 Å². The molecule has 0 heterocycles. The molecule has 0 radical (unpaired) electrons. The molecule has 24 heavy (non-hydrogen) atoms. The normalized spacial score (nSPS) is 13.5. The minimum Gasteiger partial charge on any atom is -0.427 e. The third-order valence-electron chi connectivity index (χ3n) is 2.88. The highest BCUT2D eigenvalue weighted by Crippen LogP contribution is 2.36. The minimum atomic E-state index is -5.79. The van der Waals surface area contributed by atoms with Crippen LogP contribution in [0.4, 0.5) is 31.1 Å². The van der Waals surface area contributed by atoms with Crippen molar-refractivity contribution in [2.45, 2.75) is 37.4 Å². The van der Waals surface area contributed by atoms with Crippen LogP contribution in [-0.4, -0.2) is 30.7 Å². The van der Waals surface area contributed by atoms with Gasteiger partial charge in [0.2, 0.25) is 0 Å². The molecule has 134 valence electrons. The Balaban J connectivity index is 2.61. The van der Waals surface area contributed by atoms with E-state index in [0.29, 0.717) is 6.42 Å². The van der Waals surface area contributed by atoms with E-state index >= 15 is 0 Å². The summed E-state index contributed by atoms with van der Waals surface area (Å²) >= 11 is 0. The number of aryl methyl sites for hydroxylation is 1. The molecule has 9 heteroatoms. The molecule has 1 rings (SSSR count). The second-order valence-electron chi connectivity index (χ2n) is 4.75. The molecule has 0 saturated heterocycles. The van der Waals surface area contributed by atoms with Crippen LogP contribution in [0.1, 0.15) is 12.0 Å². The van der Waals surface area contributed by atoms with Gasteiger partial charge in [-0.05, 0) is 18.4 Å². The fraction of sp³-hybridized carbons (Fsp3) is 0.400. The first-order chi connectivity index (χ1) is 11.0. The molecule has 3 nitrogen and oxygen atoms in total. The highest BCUT2D eigenvalue weighted by molar-refractivity contribution is 5.60. The van der Waals surface area contributed by atoms with E-state index in [1.54, 1.807) is 30.3 Å². The van der Waals surface area contributed by atoms with E-state index in [4.69, 9.17) is 0 Å². The first kappa shape index (κ1) is 19.9. The Hall–Kier alpha value is -2.19. The molecule has 0 fully saturated rings. The number of benzene rings is 1. The number of alkyl halides is 6. The molecule has 0 saturated carbocycles. The zero-order chi connectivity index (χ0) is 18.4. The third kappa shape index (κ3) is 6.51. The second-order valence-corrected chi connectivity index (χ2v) is 4.75. The standard InChI is InChI=1S/C15H14F6O3/c1-2-11(9-8-10-6-4-3-5-7-10)23-13(22)24-12(14(16,17)18)15(19,20)21/h2-7,11-12H,1,8-9H2/t11-/m1/s1. The molecule has 1 atom stereocenters. The lowest BCUT2D eigenvalue weighted by molar-refractivity contribution is -0.310. The molecule has 0 bridgehead atoms. The molecular formula is C15H14F6O3. The summed E-state index contributed by atoms with van der Waals surface area (Å²) < 4.78 is 81.6. The van der Waals surface area contributed by atoms with E-state index < -0.39 is 30.7 Å². The molecule has 0 aromatic heterocycles. The van der Waals surface area contributed by atoms with Gasteiger partial charge in [-0.2, -0.15) is 26.3 Å². The maximum absolute atomic E-state index is 12.3. The number of hydrogen-bond donors (Lipinski definition) is 0. The zero-order valence-electron chi connectivity index (χ0n) is 12.2. The summed E-state index contributed by atoms with van der Waals surface area (Å²) in [5.41, 5.74) is 0.852. The van der Waals surface area contributed by atoms with Crippen molar-refractivity contribution in [3.63, 3.8) is 0 Å². The van der Waals surface area contributed by atoms with Crippen LogP contribution in [0.25, 0.3) is 0 Å². The summed E-state index contributed by atoms with van der Waals surface area (Å²) in [6, 6.07) is 8.82. The van der Waals surface area contributed by atoms with Crippen molar-refractivity contribution >= 4 is 6.16 Å². The minimum absolute atomic E-state index is 0.130. The maximum Gasteiger partial charge on any atom is 0.509 e. The zero-order valence-corrected chi connectivity index (χ0v) is 12.2. The lowest BCUT2D eigenvalue weighted by atomic mass is 10.1. The molecule has 0 unspecified atom stereocenters. The summed E-state index contributed by atoms with van der Waals surface area (Å²) in [4.78, 5) is 11.2. The predicted octanol–water partition coefficient (Wildman–Crippen LogP) is 4.82. The van der Waals surface area contributed by atoms with Gasteiger partial charge in [0, 0.05) is 0 Å². The summed E-state index contributed by atoms with van der Waals surface area (Å²) in [7, 11) is 0. The van der Waals surface area contributed by atoms with Crippen LogP contribution in [0, 0.1) is 0 Å². The number of rotatable bonds is 6. The van der Waals surface area contributed by atoms with Crippen LogP contribution < -0.4 is 0 Å². The summed E-state index contributed by atoms with van der Waals surface area (Å²) in [5, 5.41) is 0. The van der Waals surface area contributed by atoms with Gasteiger partial charge in [0.1, 0.15) is 6.10 Å². The van der Waals surface area contributed by atoms with Gasteiger partial charge in [-0.25, -0.2) is 4.79 Å². The highest BCUT2D eigenvalue weighted by Gasteiger charge is 2.60. The van der Waals surface area contributed by atoms with Gasteiger partial charge in [-0.3, -0.25) is 0 Å². The molecule has 0 aliphatic rings. The van der Waals surface area contributed by atoms with Gasteiger partial charge in [-0.15, -0.1) is 0 Å². The van der Waals surface area contributed by atoms with E-state index in [0.717, 1.165) is 11.6 Å². The Bertz CT molecular complexity index is 524. The first-order valence-corrected chi connectivity index (χ1v) is 6.71. The fourth-order valence-corrected chi connectivity index (χ4v) is 1.75. The molecule has 0 N–H and O–H groups in total. The Morgan fingerprint density at radius 3 is 2.04 bits per heavy atom. The van der Waals surface area contributed by atoms with Crippen molar-refractivity contribution in [3.05, 3.63) is 48.6 Å². The Morgan fingerprint density at radius 2 is 1.58 bits per heavy atom. The molecule has 0 aliphatic carbocycles. The van der Waals surface area contributed by atoms with Crippen molar-refractivity contribution in [3.8, 4) is 0 Å². The van der Waals surface area contributed by atoms with Crippen molar-refractivity contribution in [1.29, 1.82) is 0 Å². The number of carbonyl (C=O) groups is 1. The number of halogens is 6. The molecule has 1 aromatic rings. The summed E-state index contributed by atoms with van der Waals surface area (Å²) in [5.74, 6) is 0. The summed E-state index contributed by atoms with van der Waals surface area (Å²) in [6.45, 7) is 3.33. The number of ether oxygens (including phenoxy) is 2. The van der Waals surface area contributed by atoms with E-state index in [1.165, 1.54) is 0 Å². The average Bonchev–Trinajstić information content (AvgIpc) is 2.47. The van der Waals surface area contributed by atoms with E-state index in [9.17, 15) is 31.1 Å². The highest BCUT2D eigenvalue weighted by atomic mass is 19.4. The topological polar surface area (TPSA) is 35.5 Å². The number of hydrogen-bond acceptors (Lipinski definition) is 3. The van der Waals surface area contributed by atoms with Crippen molar-refractivity contribution < 1.29 is 40.6 Å².